The van der Waals surface area contributed by atoms with Crippen LogP contribution in [0.1, 0.15) is 36.4 Å². The third-order valence-corrected chi connectivity index (χ3v) is 4.63. The predicted octanol–water partition coefficient (Wildman–Crippen LogP) is -0.0400. The smallest absolute Gasteiger partial charge is 0.328 e. The lowest BCUT2D eigenvalue weighted by molar-refractivity contribution is -0.141. The number of nitrogens with two attached hydrogens (primary N) is 1. The SMILES string of the molecule is CC(O)[C@H](NC(=O)N[C@@H](Cc1cc2ccccc2[nH]1)c1nc([C@@H](N)CO)no1)C(=O)O. The number of nitrogens with one attached hydrogen (secondary N) is 3. The number of aliphatic hydroxyl groups is 2. The van der Waals surface area contributed by atoms with Crippen molar-refractivity contribution in [1.82, 2.24) is 25.8 Å². The number of aromatic amines is 1. The highest BCUT2D eigenvalue weighted by molar-refractivity contribution is 5.83. The summed E-state index contributed by atoms with van der Waals surface area (Å²) in [7, 11) is 0. The van der Waals surface area contributed by atoms with Gasteiger partial charge < -0.3 is 41.2 Å². The summed E-state index contributed by atoms with van der Waals surface area (Å²) < 4.78 is 5.22. The number of carboxylic acid groups (broad SMARTS) is 1. The van der Waals surface area contributed by atoms with Crippen LogP contribution >= 0.6 is 0 Å². The monoisotopic (exact) mass is 432 g/mol. The van der Waals surface area contributed by atoms with E-state index in [0.717, 1.165) is 16.6 Å². The van der Waals surface area contributed by atoms with Crippen molar-refractivity contribution in [2.24, 2.45) is 5.73 Å². The Bertz CT molecular complexity index is 1010. The van der Waals surface area contributed by atoms with Gasteiger partial charge in [0, 0.05) is 17.6 Å². The standard InChI is InChI=1S/C19H24N6O6/c1-9(27)15(18(28)29)23-19(30)22-14(17-24-16(25-31-17)12(20)8-26)7-11-6-10-4-2-3-5-13(10)21-11/h2-6,9,12,14-15,21,26-27H,7-8,20H2,1H3,(H,28,29)(H2,22,23,30)/t9?,12-,14-,15-/m0/s1. The molecule has 0 aliphatic heterocycles. The van der Waals surface area contributed by atoms with E-state index in [9.17, 15) is 19.8 Å². The molecule has 2 heterocycles. The van der Waals surface area contributed by atoms with Crippen molar-refractivity contribution in [2.75, 3.05) is 6.61 Å². The molecule has 0 saturated heterocycles. The highest BCUT2D eigenvalue weighted by Gasteiger charge is 2.28. The summed E-state index contributed by atoms with van der Waals surface area (Å²) in [6, 6.07) is 5.45. The predicted molar refractivity (Wildman–Crippen MR) is 108 cm³/mol. The fraction of sp³-hybridized carbons (Fsp3) is 0.368. The number of carbonyl (C=O) groups is 2. The van der Waals surface area contributed by atoms with E-state index in [1.807, 2.05) is 30.3 Å². The number of urea groups is 1. The van der Waals surface area contributed by atoms with Crippen molar-refractivity contribution >= 4 is 22.9 Å². The number of hydrogen-bond donors (Lipinski definition) is 7. The minimum atomic E-state index is -1.50. The van der Waals surface area contributed by atoms with Crippen LogP contribution in [-0.2, 0) is 11.2 Å². The molecule has 0 saturated carbocycles. The van der Waals surface area contributed by atoms with Crippen molar-refractivity contribution < 1.29 is 29.4 Å². The number of amides is 2. The maximum atomic E-state index is 12.4. The number of H-pyrrole nitrogens is 1. The first-order valence-corrected chi connectivity index (χ1v) is 9.53. The fourth-order valence-corrected chi connectivity index (χ4v) is 3.01. The van der Waals surface area contributed by atoms with Crippen LogP contribution in [0.5, 0.6) is 0 Å². The minimum absolute atomic E-state index is 0.0247. The zero-order valence-corrected chi connectivity index (χ0v) is 16.6. The van der Waals surface area contributed by atoms with Crippen molar-refractivity contribution in [3.8, 4) is 0 Å². The van der Waals surface area contributed by atoms with Crippen molar-refractivity contribution in [1.29, 1.82) is 0 Å². The van der Waals surface area contributed by atoms with Gasteiger partial charge in [-0.25, -0.2) is 9.59 Å². The van der Waals surface area contributed by atoms with Gasteiger partial charge in [-0.1, -0.05) is 23.4 Å². The van der Waals surface area contributed by atoms with Crippen LogP contribution in [0, 0.1) is 0 Å². The van der Waals surface area contributed by atoms with E-state index in [4.69, 9.17) is 15.4 Å². The van der Waals surface area contributed by atoms with Crippen LogP contribution in [0.4, 0.5) is 4.79 Å². The largest absolute Gasteiger partial charge is 0.480 e. The van der Waals surface area contributed by atoms with Crippen LogP contribution in [0.2, 0.25) is 0 Å². The molecule has 4 atom stereocenters. The molecule has 166 valence electrons. The number of aliphatic hydroxyl groups excluding tert-OH is 2. The van der Waals surface area contributed by atoms with Crippen molar-refractivity contribution in [3.05, 3.63) is 47.7 Å². The Labute approximate surface area is 176 Å². The molecule has 2 aromatic heterocycles. The Morgan fingerprint density at radius 1 is 1.29 bits per heavy atom. The summed E-state index contributed by atoms with van der Waals surface area (Å²) in [6.07, 6.45) is -1.10. The van der Waals surface area contributed by atoms with Gasteiger partial charge >= 0.3 is 12.0 Å². The average Bonchev–Trinajstić information content (AvgIpc) is 3.37. The number of rotatable bonds is 9. The molecule has 1 aromatic carbocycles. The van der Waals surface area contributed by atoms with Crippen LogP contribution in [0.25, 0.3) is 10.9 Å². The Hall–Kier alpha value is -3.48. The molecule has 1 unspecified atom stereocenters. The molecule has 3 rings (SSSR count). The lowest BCUT2D eigenvalue weighted by Gasteiger charge is -2.20. The summed E-state index contributed by atoms with van der Waals surface area (Å²) in [5.74, 6) is -1.29. The Morgan fingerprint density at radius 2 is 2.03 bits per heavy atom. The van der Waals surface area contributed by atoms with Gasteiger partial charge in [-0.2, -0.15) is 4.98 Å². The molecular weight excluding hydrogens is 408 g/mol. The van der Waals surface area contributed by atoms with Gasteiger partial charge in [-0.3, -0.25) is 0 Å². The van der Waals surface area contributed by atoms with Gasteiger partial charge in [0.05, 0.1) is 18.8 Å². The molecule has 12 heteroatoms. The summed E-state index contributed by atoms with van der Waals surface area (Å²) in [5, 5.41) is 37.4. The van der Waals surface area contributed by atoms with Gasteiger partial charge in [0.15, 0.2) is 11.9 Å². The Kier molecular flexibility index (Phi) is 6.84. The second-order valence-electron chi connectivity index (χ2n) is 7.09. The first kappa shape index (κ1) is 22.2. The number of carbonyl (C=O) groups excluding carboxylic acids is 1. The number of aliphatic carboxylic acids is 1. The molecule has 31 heavy (non-hydrogen) atoms. The van der Waals surface area contributed by atoms with E-state index in [2.05, 4.69) is 25.8 Å². The van der Waals surface area contributed by atoms with Gasteiger partial charge in [0.2, 0.25) is 5.89 Å². The molecule has 8 N–H and O–H groups in total. The van der Waals surface area contributed by atoms with Crippen LogP contribution in [0.15, 0.2) is 34.9 Å². The van der Waals surface area contributed by atoms with Crippen molar-refractivity contribution in [2.45, 2.75) is 37.6 Å². The first-order valence-electron chi connectivity index (χ1n) is 9.53. The Balaban J connectivity index is 1.83. The highest BCUT2D eigenvalue weighted by Crippen LogP contribution is 2.21. The number of para-hydroxylation sites is 1. The molecule has 0 spiro atoms. The van der Waals surface area contributed by atoms with Gasteiger partial charge in [0.1, 0.15) is 6.04 Å². The first-order chi connectivity index (χ1) is 14.8. The molecule has 0 aliphatic carbocycles. The number of carboxylic acids is 1. The number of nitrogens with zero attached hydrogens (tertiary/aromatic N) is 2. The normalized spacial score (nSPS) is 15.2. The zero-order chi connectivity index (χ0) is 22.5. The number of benzene rings is 1. The molecule has 2 amide bonds. The van der Waals surface area contributed by atoms with Gasteiger partial charge in [0.25, 0.3) is 0 Å². The zero-order valence-electron chi connectivity index (χ0n) is 16.6. The lowest BCUT2D eigenvalue weighted by atomic mass is 10.1. The van der Waals surface area contributed by atoms with Gasteiger partial charge in [-0.15, -0.1) is 0 Å². The fourth-order valence-electron chi connectivity index (χ4n) is 3.01. The summed E-state index contributed by atoms with van der Waals surface area (Å²) in [5.41, 5.74) is 7.36. The lowest BCUT2D eigenvalue weighted by Crippen LogP contribution is -2.51. The molecule has 0 radical (unpaired) electrons. The van der Waals surface area contributed by atoms with Crippen LogP contribution in [-0.4, -0.2) is 61.2 Å². The second kappa shape index (κ2) is 9.55. The maximum absolute atomic E-state index is 12.4. The van der Waals surface area contributed by atoms with E-state index in [1.54, 1.807) is 0 Å². The van der Waals surface area contributed by atoms with Gasteiger partial charge in [-0.05, 0) is 24.4 Å². The highest BCUT2D eigenvalue weighted by atomic mass is 16.5. The molecule has 0 fully saturated rings. The second-order valence-corrected chi connectivity index (χ2v) is 7.09. The number of hydrogen-bond acceptors (Lipinski definition) is 8. The van der Waals surface area contributed by atoms with E-state index >= 15 is 0 Å². The number of aromatic nitrogens is 3. The molecular formula is C19H24N6O6. The van der Waals surface area contributed by atoms with Crippen LogP contribution in [0.3, 0.4) is 0 Å². The van der Waals surface area contributed by atoms with Crippen LogP contribution < -0.4 is 16.4 Å². The summed E-state index contributed by atoms with van der Waals surface area (Å²) in [6.45, 7) is 0.857. The third kappa shape index (κ3) is 5.36. The number of fused-ring (bicyclic) bond motifs is 1. The molecule has 0 bridgehead atoms. The quantitative estimate of drug-likeness (QED) is 0.242. The summed E-state index contributed by atoms with van der Waals surface area (Å²) >= 11 is 0. The van der Waals surface area contributed by atoms with E-state index in [-0.39, 0.29) is 18.1 Å². The van der Waals surface area contributed by atoms with Crippen molar-refractivity contribution in [3.63, 3.8) is 0 Å². The minimum Gasteiger partial charge on any atom is -0.480 e. The third-order valence-electron chi connectivity index (χ3n) is 4.63. The van der Waals surface area contributed by atoms with E-state index in [1.165, 1.54) is 6.92 Å². The summed E-state index contributed by atoms with van der Waals surface area (Å²) in [4.78, 5) is 31.1. The van der Waals surface area contributed by atoms with E-state index in [0.29, 0.717) is 0 Å². The molecule has 3 aromatic rings. The average molecular weight is 432 g/mol. The Morgan fingerprint density at radius 3 is 2.68 bits per heavy atom. The topological polar surface area (TPSA) is 200 Å². The maximum Gasteiger partial charge on any atom is 0.328 e. The molecule has 0 aliphatic rings. The van der Waals surface area contributed by atoms with E-state index < -0.39 is 42.8 Å². The molecule has 12 nitrogen and oxygen atoms in total.